The van der Waals surface area contributed by atoms with Gasteiger partial charge in [0.05, 0.1) is 31.6 Å². The minimum absolute atomic E-state index is 0.0122. The molecule has 1 saturated carbocycles. The van der Waals surface area contributed by atoms with Crippen molar-refractivity contribution in [2.45, 2.75) is 43.9 Å². The van der Waals surface area contributed by atoms with Gasteiger partial charge in [-0.25, -0.2) is 0 Å². The molecule has 1 aromatic carbocycles. The van der Waals surface area contributed by atoms with E-state index in [1.807, 2.05) is 24.3 Å². The Balaban J connectivity index is 1.30. The molecule has 7 nitrogen and oxygen atoms in total. The Labute approximate surface area is 175 Å². The molecule has 0 unspecified atom stereocenters. The second kappa shape index (κ2) is 7.23. The highest BCUT2D eigenvalue weighted by atomic mass is 16.5. The van der Waals surface area contributed by atoms with Crippen molar-refractivity contribution in [2.75, 3.05) is 13.7 Å². The summed E-state index contributed by atoms with van der Waals surface area (Å²) in [6.07, 6.45) is 7.30. The molecule has 0 aromatic heterocycles. The van der Waals surface area contributed by atoms with Crippen LogP contribution in [0.25, 0.3) is 0 Å². The summed E-state index contributed by atoms with van der Waals surface area (Å²) in [7, 11) is 1.33. The second-order valence-electron chi connectivity index (χ2n) is 8.67. The van der Waals surface area contributed by atoms with E-state index in [0.29, 0.717) is 18.8 Å². The standard InChI is InChI=1S/C23H25NO6/c1-28-22(27)18-17-9-10-23(30-17)13-24(20(25)19(18)23)12-14-5-4-8-16(11-14)29-21(26)15-6-2-3-7-15/h4-5,8-11,15,17-19H,2-3,6-7,12-13H2,1H3/t17-,18+,19-,23+/m1/s1. The van der Waals surface area contributed by atoms with Crippen LogP contribution in [0.15, 0.2) is 36.4 Å². The number of fused-ring (bicyclic) bond motifs is 1. The fourth-order valence-corrected chi connectivity index (χ4v) is 5.41. The molecular formula is C23H25NO6. The van der Waals surface area contributed by atoms with E-state index in [1.54, 1.807) is 17.0 Å². The van der Waals surface area contributed by atoms with Crippen LogP contribution in [-0.4, -0.2) is 48.1 Å². The highest BCUT2D eigenvalue weighted by Crippen LogP contribution is 2.52. The molecule has 4 aliphatic rings. The molecule has 1 aliphatic carbocycles. The molecule has 2 saturated heterocycles. The van der Waals surface area contributed by atoms with Gasteiger partial charge in [-0.3, -0.25) is 14.4 Å². The number of nitrogens with zero attached hydrogens (tertiary/aromatic N) is 1. The lowest BCUT2D eigenvalue weighted by molar-refractivity contribution is -0.151. The molecule has 3 fully saturated rings. The van der Waals surface area contributed by atoms with Gasteiger partial charge >= 0.3 is 11.9 Å². The lowest BCUT2D eigenvalue weighted by Crippen LogP contribution is -2.39. The van der Waals surface area contributed by atoms with Gasteiger partial charge in [-0.1, -0.05) is 37.1 Å². The van der Waals surface area contributed by atoms with Crippen molar-refractivity contribution in [1.29, 1.82) is 0 Å². The van der Waals surface area contributed by atoms with E-state index in [2.05, 4.69) is 0 Å². The van der Waals surface area contributed by atoms with Crippen LogP contribution in [0.4, 0.5) is 0 Å². The third kappa shape index (κ3) is 3.03. The Hall–Kier alpha value is -2.67. The van der Waals surface area contributed by atoms with Crippen molar-refractivity contribution in [1.82, 2.24) is 4.90 Å². The Bertz CT molecular complexity index is 920. The van der Waals surface area contributed by atoms with Crippen LogP contribution in [0.2, 0.25) is 0 Å². The Kier molecular flexibility index (Phi) is 4.65. The minimum Gasteiger partial charge on any atom is -0.469 e. The second-order valence-corrected chi connectivity index (χ2v) is 8.67. The van der Waals surface area contributed by atoms with Crippen LogP contribution in [0.5, 0.6) is 5.75 Å². The summed E-state index contributed by atoms with van der Waals surface area (Å²) in [6, 6.07) is 7.29. The molecule has 3 aliphatic heterocycles. The van der Waals surface area contributed by atoms with Gasteiger partial charge in [0.1, 0.15) is 17.3 Å². The average Bonchev–Trinajstić information content (AvgIpc) is 3.50. The first kappa shape index (κ1) is 19.3. The molecule has 1 amide bonds. The van der Waals surface area contributed by atoms with Crippen LogP contribution in [0, 0.1) is 17.8 Å². The summed E-state index contributed by atoms with van der Waals surface area (Å²) in [6.45, 7) is 0.755. The first-order valence-corrected chi connectivity index (χ1v) is 10.6. The quantitative estimate of drug-likeness (QED) is 0.420. The van der Waals surface area contributed by atoms with Gasteiger partial charge in [0.15, 0.2) is 0 Å². The lowest BCUT2D eigenvalue weighted by Gasteiger charge is -2.22. The van der Waals surface area contributed by atoms with Crippen molar-refractivity contribution in [3.63, 3.8) is 0 Å². The fraction of sp³-hybridized carbons (Fsp3) is 0.522. The zero-order chi connectivity index (χ0) is 20.9. The normalized spacial score (nSPS) is 32.0. The van der Waals surface area contributed by atoms with E-state index in [9.17, 15) is 14.4 Å². The lowest BCUT2D eigenvalue weighted by atomic mass is 9.77. The van der Waals surface area contributed by atoms with E-state index < -0.39 is 29.5 Å². The maximum Gasteiger partial charge on any atom is 0.314 e. The largest absolute Gasteiger partial charge is 0.469 e. The number of esters is 2. The number of rotatable bonds is 5. The maximum absolute atomic E-state index is 13.2. The third-order valence-corrected chi connectivity index (χ3v) is 6.83. The van der Waals surface area contributed by atoms with Gasteiger partial charge in [-0.15, -0.1) is 0 Å². The highest BCUT2D eigenvalue weighted by Gasteiger charge is 2.67. The number of methoxy groups -OCH3 is 1. The van der Waals surface area contributed by atoms with Gasteiger partial charge in [0.25, 0.3) is 0 Å². The predicted octanol–water partition coefficient (Wildman–Crippen LogP) is 2.24. The minimum atomic E-state index is -0.757. The average molecular weight is 411 g/mol. The highest BCUT2D eigenvalue weighted by molar-refractivity contribution is 5.91. The van der Waals surface area contributed by atoms with Crippen molar-refractivity contribution >= 4 is 17.8 Å². The maximum atomic E-state index is 13.2. The Morgan fingerprint density at radius 3 is 2.80 bits per heavy atom. The Morgan fingerprint density at radius 2 is 2.03 bits per heavy atom. The van der Waals surface area contributed by atoms with Crippen molar-refractivity contribution in [2.24, 2.45) is 17.8 Å². The summed E-state index contributed by atoms with van der Waals surface area (Å²) >= 11 is 0. The number of hydrogen-bond donors (Lipinski definition) is 0. The van der Waals surface area contributed by atoms with E-state index in [0.717, 1.165) is 31.2 Å². The number of ether oxygens (including phenoxy) is 3. The fourth-order valence-electron chi connectivity index (χ4n) is 5.41. The summed E-state index contributed by atoms with van der Waals surface area (Å²) in [4.78, 5) is 39.4. The first-order chi connectivity index (χ1) is 14.5. The topological polar surface area (TPSA) is 82.1 Å². The van der Waals surface area contributed by atoms with Crippen LogP contribution in [0.1, 0.15) is 31.2 Å². The number of carbonyl (C=O) groups is 3. The molecule has 3 heterocycles. The van der Waals surface area contributed by atoms with Gasteiger partial charge < -0.3 is 19.1 Å². The van der Waals surface area contributed by atoms with Crippen LogP contribution in [-0.2, 0) is 30.4 Å². The first-order valence-electron chi connectivity index (χ1n) is 10.6. The molecule has 0 N–H and O–H groups in total. The monoisotopic (exact) mass is 411 g/mol. The molecule has 1 aromatic rings. The number of likely N-dealkylation sites (tertiary alicyclic amines) is 1. The van der Waals surface area contributed by atoms with Crippen molar-refractivity contribution in [3.8, 4) is 5.75 Å². The summed E-state index contributed by atoms with van der Waals surface area (Å²) in [5, 5.41) is 0. The van der Waals surface area contributed by atoms with E-state index in [4.69, 9.17) is 14.2 Å². The molecule has 4 atom stereocenters. The zero-order valence-corrected chi connectivity index (χ0v) is 16.9. The zero-order valence-electron chi connectivity index (χ0n) is 16.9. The molecule has 30 heavy (non-hydrogen) atoms. The van der Waals surface area contributed by atoms with Crippen LogP contribution < -0.4 is 4.74 Å². The van der Waals surface area contributed by atoms with E-state index in [-0.39, 0.29) is 17.8 Å². The summed E-state index contributed by atoms with van der Waals surface area (Å²) in [5.41, 5.74) is 0.109. The molecular weight excluding hydrogens is 386 g/mol. The molecule has 1 spiro atoms. The third-order valence-electron chi connectivity index (χ3n) is 6.83. The van der Waals surface area contributed by atoms with Crippen molar-refractivity contribution in [3.05, 3.63) is 42.0 Å². The van der Waals surface area contributed by atoms with Gasteiger partial charge in [-0.05, 0) is 30.5 Å². The number of hydrogen-bond acceptors (Lipinski definition) is 6. The smallest absolute Gasteiger partial charge is 0.314 e. The number of benzene rings is 1. The number of carbonyl (C=O) groups excluding carboxylic acids is 3. The predicted molar refractivity (Wildman–Crippen MR) is 105 cm³/mol. The molecule has 0 radical (unpaired) electrons. The van der Waals surface area contributed by atoms with Gasteiger partial charge in [-0.2, -0.15) is 0 Å². The summed E-state index contributed by atoms with van der Waals surface area (Å²) in [5.74, 6) is -1.36. The number of amides is 1. The Morgan fingerprint density at radius 1 is 1.23 bits per heavy atom. The molecule has 7 heteroatoms. The van der Waals surface area contributed by atoms with Crippen LogP contribution >= 0.6 is 0 Å². The van der Waals surface area contributed by atoms with Crippen LogP contribution in [0.3, 0.4) is 0 Å². The SMILES string of the molecule is COC(=O)[C@H]1[C@H]2C=C[C@@]3(CN(Cc4cccc(OC(=O)C5CCCC5)c4)C(=O)[C@@H]13)O2. The van der Waals surface area contributed by atoms with E-state index in [1.165, 1.54) is 7.11 Å². The van der Waals surface area contributed by atoms with Gasteiger partial charge in [0, 0.05) is 6.54 Å². The molecule has 158 valence electrons. The summed E-state index contributed by atoms with van der Waals surface area (Å²) < 4.78 is 16.5. The molecule has 5 rings (SSSR count). The molecule has 2 bridgehead atoms. The van der Waals surface area contributed by atoms with Gasteiger partial charge in [0.2, 0.25) is 5.91 Å². The van der Waals surface area contributed by atoms with Crippen molar-refractivity contribution < 1.29 is 28.6 Å². The van der Waals surface area contributed by atoms with E-state index >= 15 is 0 Å².